The lowest BCUT2D eigenvalue weighted by Crippen LogP contribution is -3.11. The summed E-state index contributed by atoms with van der Waals surface area (Å²) in [5, 5.41) is 5.02. The highest BCUT2D eigenvalue weighted by Crippen LogP contribution is 2.36. The minimum atomic E-state index is 0.0145. The first kappa shape index (κ1) is 15.0. The normalized spacial score (nSPS) is 15.2. The number of ether oxygens (including phenoxy) is 1. The molecule has 0 unspecified atom stereocenters. The first-order valence-corrected chi connectivity index (χ1v) is 8.37. The lowest BCUT2D eigenvalue weighted by molar-refractivity contribution is -0.878. The first-order chi connectivity index (χ1) is 11.7. The maximum Gasteiger partial charge on any atom is 0.279 e. The standard InChI is InChI=1S/C19H20N2O3/c1-23-18-10-14-13-6-2-3-7-16(13)24-17(14)11-15(18)20-19(22)12-21-8-4-5-9-21/h2-3,6-7,10-11H,4-5,8-9,12H2,1H3,(H,20,22)/p+1. The van der Waals surface area contributed by atoms with Gasteiger partial charge < -0.3 is 19.4 Å². The summed E-state index contributed by atoms with van der Waals surface area (Å²) in [5.41, 5.74) is 2.24. The molecule has 2 aromatic carbocycles. The van der Waals surface area contributed by atoms with E-state index in [0.29, 0.717) is 18.0 Å². The molecule has 0 bridgehead atoms. The molecule has 1 aliphatic heterocycles. The summed E-state index contributed by atoms with van der Waals surface area (Å²) in [7, 11) is 1.62. The van der Waals surface area contributed by atoms with E-state index in [9.17, 15) is 4.79 Å². The van der Waals surface area contributed by atoms with Crippen LogP contribution < -0.4 is 15.0 Å². The molecule has 1 fully saturated rings. The van der Waals surface area contributed by atoms with E-state index in [-0.39, 0.29) is 5.91 Å². The molecule has 2 heterocycles. The predicted octanol–water partition coefficient (Wildman–Crippen LogP) is 2.21. The van der Waals surface area contributed by atoms with E-state index in [1.807, 2.05) is 36.4 Å². The summed E-state index contributed by atoms with van der Waals surface area (Å²) < 4.78 is 11.4. The van der Waals surface area contributed by atoms with Crippen molar-refractivity contribution >= 4 is 33.5 Å². The Bertz CT molecular complexity index is 894. The number of quaternary nitrogens is 1. The number of hydrogen-bond donors (Lipinski definition) is 2. The van der Waals surface area contributed by atoms with Gasteiger partial charge in [-0.05, 0) is 12.1 Å². The van der Waals surface area contributed by atoms with Crippen LogP contribution in [-0.4, -0.2) is 32.7 Å². The van der Waals surface area contributed by atoms with E-state index < -0.39 is 0 Å². The monoisotopic (exact) mass is 325 g/mol. The van der Waals surface area contributed by atoms with Crippen molar-refractivity contribution in [1.29, 1.82) is 0 Å². The van der Waals surface area contributed by atoms with Gasteiger partial charge in [-0.1, -0.05) is 18.2 Å². The minimum Gasteiger partial charge on any atom is -0.495 e. The van der Waals surface area contributed by atoms with Crippen LogP contribution in [0.2, 0.25) is 0 Å². The zero-order chi connectivity index (χ0) is 16.5. The molecule has 5 heteroatoms. The van der Waals surface area contributed by atoms with Crippen LogP contribution in [-0.2, 0) is 4.79 Å². The second-order valence-corrected chi connectivity index (χ2v) is 6.33. The molecule has 1 saturated heterocycles. The average molecular weight is 325 g/mol. The summed E-state index contributed by atoms with van der Waals surface area (Å²) in [6.07, 6.45) is 2.41. The number of amides is 1. The largest absolute Gasteiger partial charge is 0.495 e. The quantitative estimate of drug-likeness (QED) is 0.773. The van der Waals surface area contributed by atoms with Gasteiger partial charge in [-0.3, -0.25) is 4.79 Å². The van der Waals surface area contributed by atoms with Gasteiger partial charge in [0.25, 0.3) is 5.91 Å². The van der Waals surface area contributed by atoms with Crippen LogP contribution in [0, 0.1) is 0 Å². The summed E-state index contributed by atoms with van der Waals surface area (Å²) in [6, 6.07) is 11.7. The third-order valence-electron chi connectivity index (χ3n) is 4.69. The molecule has 124 valence electrons. The third-order valence-corrected chi connectivity index (χ3v) is 4.69. The number of rotatable bonds is 4. The maximum absolute atomic E-state index is 12.3. The van der Waals surface area contributed by atoms with E-state index in [1.165, 1.54) is 17.7 Å². The Kier molecular flexibility index (Phi) is 3.86. The Hall–Kier alpha value is -2.53. The lowest BCUT2D eigenvalue weighted by Gasteiger charge is -2.13. The fourth-order valence-electron chi connectivity index (χ4n) is 3.49. The van der Waals surface area contributed by atoms with Gasteiger partial charge in [-0.2, -0.15) is 0 Å². The molecule has 24 heavy (non-hydrogen) atoms. The minimum absolute atomic E-state index is 0.0145. The number of likely N-dealkylation sites (tertiary alicyclic amines) is 1. The predicted molar refractivity (Wildman–Crippen MR) is 93.7 cm³/mol. The Labute approximate surface area is 140 Å². The number of furan rings is 1. The Morgan fingerprint density at radius 2 is 1.96 bits per heavy atom. The van der Waals surface area contributed by atoms with Crippen molar-refractivity contribution < 1.29 is 18.8 Å². The van der Waals surface area contributed by atoms with Crippen LogP contribution in [0.4, 0.5) is 5.69 Å². The van der Waals surface area contributed by atoms with Crippen molar-refractivity contribution in [3.8, 4) is 5.75 Å². The third kappa shape index (κ3) is 2.71. The van der Waals surface area contributed by atoms with Crippen molar-refractivity contribution in [2.45, 2.75) is 12.8 Å². The van der Waals surface area contributed by atoms with Gasteiger partial charge in [-0.25, -0.2) is 0 Å². The number of para-hydroxylation sites is 1. The van der Waals surface area contributed by atoms with Crippen LogP contribution in [0.25, 0.3) is 21.9 Å². The second-order valence-electron chi connectivity index (χ2n) is 6.33. The summed E-state index contributed by atoms with van der Waals surface area (Å²) in [5.74, 6) is 0.666. The van der Waals surface area contributed by atoms with Crippen LogP contribution >= 0.6 is 0 Å². The van der Waals surface area contributed by atoms with Crippen molar-refractivity contribution in [3.05, 3.63) is 36.4 Å². The average Bonchev–Trinajstić information content (AvgIpc) is 3.20. The summed E-state index contributed by atoms with van der Waals surface area (Å²) in [6.45, 7) is 2.65. The highest BCUT2D eigenvalue weighted by atomic mass is 16.5. The number of hydrogen-bond acceptors (Lipinski definition) is 3. The zero-order valence-corrected chi connectivity index (χ0v) is 13.7. The highest BCUT2D eigenvalue weighted by Gasteiger charge is 2.20. The highest BCUT2D eigenvalue weighted by molar-refractivity contribution is 6.07. The topological polar surface area (TPSA) is 55.9 Å². The molecule has 5 nitrogen and oxygen atoms in total. The number of methoxy groups -OCH3 is 1. The summed E-state index contributed by atoms with van der Waals surface area (Å²) >= 11 is 0. The van der Waals surface area contributed by atoms with Crippen molar-refractivity contribution in [1.82, 2.24) is 0 Å². The summed E-state index contributed by atoms with van der Waals surface area (Å²) in [4.78, 5) is 13.7. The van der Waals surface area contributed by atoms with Gasteiger partial charge in [0.15, 0.2) is 6.54 Å². The molecule has 3 aromatic rings. The van der Waals surface area contributed by atoms with Crippen molar-refractivity contribution in [3.63, 3.8) is 0 Å². The van der Waals surface area contributed by atoms with Gasteiger partial charge >= 0.3 is 0 Å². The van der Waals surface area contributed by atoms with Gasteiger partial charge in [0, 0.05) is 29.7 Å². The fourth-order valence-corrected chi connectivity index (χ4v) is 3.49. The number of nitrogens with one attached hydrogen (secondary N) is 2. The second kappa shape index (κ2) is 6.17. The Balaban J connectivity index is 1.66. The van der Waals surface area contributed by atoms with Gasteiger partial charge in [0.2, 0.25) is 0 Å². The molecule has 2 N–H and O–H groups in total. The molecule has 4 rings (SSSR count). The Morgan fingerprint density at radius 1 is 1.17 bits per heavy atom. The number of carbonyl (C=O) groups excluding carboxylic acids is 1. The molecule has 1 amide bonds. The van der Waals surface area contributed by atoms with E-state index >= 15 is 0 Å². The van der Waals surface area contributed by atoms with Gasteiger partial charge in [0.05, 0.1) is 25.9 Å². The number of anilines is 1. The van der Waals surface area contributed by atoms with Crippen LogP contribution in [0.3, 0.4) is 0 Å². The molecular formula is C19H21N2O3+. The lowest BCUT2D eigenvalue weighted by atomic mass is 10.1. The van der Waals surface area contributed by atoms with Crippen molar-refractivity contribution in [2.75, 3.05) is 32.1 Å². The number of carbonyl (C=O) groups is 1. The van der Waals surface area contributed by atoms with Crippen LogP contribution in [0.15, 0.2) is 40.8 Å². The molecule has 1 aromatic heterocycles. The van der Waals surface area contributed by atoms with E-state index in [0.717, 1.165) is 35.0 Å². The fraction of sp³-hybridized carbons (Fsp3) is 0.316. The van der Waals surface area contributed by atoms with Crippen LogP contribution in [0.1, 0.15) is 12.8 Å². The van der Waals surface area contributed by atoms with Gasteiger partial charge in [-0.15, -0.1) is 0 Å². The first-order valence-electron chi connectivity index (χ1n) is 8.37. The molecule has 1 aliphatic rings. The van der Waals surface area contributed by atoms with E-state index in [4.69, 9.17) is 9.15 Å². The van der Waals surface area contributed by atoms with Gasteiger partial charge in [0.1, 0.15) is 16.9 Å². The SMILES string of the molecule is COc1cc2c(cc1NC(=O)C[NH+]1CCCC1)oc1ccccc12. The molecule has 0 radical (unpaired) electrons. The number of fused-ring (bicyclic) bond motifs is 3. The van der Waals surface area contributed by atoms with E-state index in [1.54, 1.807) is 7.11 Å². The molecular weight excluding hydrogens is 304 g/mol. The van der Waals surface area contributed by atoms with Crippen molar-refractivity contribution in [2.24, 2.45) is 0 Å². The number of benzene rings is 2. The molecule has 0 aliphatic carbocycles. The molecule has 0 atom stereocenters. The maximum atomic E-state index is 12.3. The zero-order valence-electron chi connectivity index (χ0n) is 13.7. The van der Waals surface area contributed by atoms with E-state index in [2.05, 4.69) is 5.32 Å². The smallest absolute Gasteiger partial charge is 0.279 e. The molecule has 0 saturated carbocycles. The molecule has 0 spiro atoms. The Morgan fingerprint density at radius 3 is 2.75 bits per heavy atom. The van der Waals surface area contributed by atoms with Crippen LogP contribution in [0.5, 0.6) is 5.75 Å².